The number of anilines is 1. The van der Waals surface area contributed by atoms with Crippen molar-refractivity contribution in [3.05, 3.63) is 63.8 Å². The summed E-state index contributed by atoms with van der Waals surface area (Å²) in [7, 11) is 0. The zero-order chi connectivity index (χ0) is 26.7. The molecule has 11 heteroatoms. The van der Waals surface area contributed by atoms with Crippen molar-refractivity contribution in [2.45, 2.75) is 44.7 Å². The molecule has 0 spiro atoms. The summed E-state index contributed by atoms with van der Waals surface area (Å²) in [5.41, 5.74) is 2.22. The Hall–Kier alpha value is -3.05. The molecule has 5 heterocycles. The molecule has 0 unspecified atom stereocenters. The lowest BCUT2D eigenvalue weighted by Crippen LogP contribution is -2.35. The predicted molar refractivity (Wildman–Crippen MR) is 143 cm³/mol. The van der Waals surface area contributed by atoms with Crippen LogP contribution in [0.15, 0.2) is 47.6 Å². The molecule has 0 aliphatic carbocycles. The monoisotopic (exact) mass is 558 g/mol. The van der Waals surface area contributed by atoms with E-state index in [0.717, 1.165) is 79.9 Å². The maximum absolute atomic E-state index is 13.0. The van der Waals surface area contributed by atoms with Gasteiger partial charge in [0, 0.05) is 25.5 Å². The van der Waals surface area contributed by atoms with Crippen molar-refractivity contribution in [1.82, 2.24) is 15.0 Å². The van der Waals surface area contributed by atoms with E-state index < -0.39 is 11.1 Å². The summed E-state index contributed by atoms with van der Waals surface area (Å²) >= 11 is 1.70. The van der Waals surface area contributed by atoms with Gasteiger partial charge in [0.2, 0.25) is 11.1 Å². The van der Waals surface area contributed by atoms with Gasteiger partial charge in [-0.3, -0.25) is 14.6 Å². The van der Waals surface area contributed by atoms with Crippen LogP contribution in [0, 0.1) is 5.92 Å². The van der Waals surface area contributed by atoms with Gasteiger partial charge in [0.05, 0.1) is 27.6 Å². The van der Waals surface area contributed by atoms with Crippen LogP contribution in [0.25, 0.3) is 16.6 Å². The van der Waals surface area contributed by atoms with E-state index in [-0.39, 0.29) is 17.3 Å². The Morgan fingerprint density at radius 2 is 1.87 bits per heavy atom. The van der Waals surface area contributed by atoms with Crippen LogP contribution in [0.3, 0.4) is 0 Å². The molecular weight excluding hydrogens is 533 g/mol. The zero-order valence-corrected chi connectivity index (χ0v) is 22.0. The lowest BCUT2D eigenvalue weighted by Gasteiger charge is -2.32. The van der Waals surface area contributed by atoms with Crippen LogP contribution >= 0.6 is 23.1 Å². The highest BCUT2D eigenvalue weighted by atomic mass is 32.2. The molecule has 0 atom stereocenters. The third-order valence-corrected chi connectivity index (χ3v) is 8.79. The van der Waals surface area contributed by atoms with Gasteiger partial charge in [-0.25, -0.2) is 9.97 Å². The number of hydrogen-bond donors (Lipinski definition) is 0. The highest BCUT2D eigenvalue weighted by Gasteiger charge is 2.33. The molecule has 2 saturated heterocycles. The summed E-state index contributed by atoms with van der Waals surface area (Å²) in [6.45, 7) is 1.65. The van der Waals surface area contributed by atoms with Gasteiger partial charge in [0.1, 0.15) is 4.88 Å². The van der Waals surface area contributed by atoms with Gasteiger partial charge in [-0.15, -0.1) is 11.3 Å². The van der Waals surface area contributed by atoms with E-state index in [4.69, 9.17) is 0 Å². The minimum Gasteiger partial charge on any atom is -0.341 e. The fraction of sp³-hybridized carbons (Fsp3) is 0.370. The summed E-state index contributed by atoms with van der Waals surface area (Å²) in [6.07, 6.45) is 5.27. The van der Waals surface area contributed by atoms with Crippen LogP contribution in [0.2, 0.25) is 0 Å². The lowest BCUT2D eigenvalue weighted by atomic mass is 9.90. The average Bonchev–Trinajstić information content (AvgIpc) is 3.51. The molecule has 38 heavy (non-hydrogen) atoms. The third-order valence-electron chi connectivity index (χ3n) is 6.71. The molecule has 0 N–H and O–H groups in total. The van der Waals surface area contributed by atoms with E-state index in [0.29, 0.717) is 33.0 Å². The van der Waals surface area contributed by atoms with Crippen molar-refractivity contribution in [2.75, 3.05) is 18.0 Å². The van der Waals surface area contributed by atoms with Crippen LogP contribution in [0.4, 0.5) is 19.1 Å². The van der Waals surface area contributed by atoms with Gasteiger partial charge in [-0.2, -0.15) is 13.2 Å². The first-order chi connectivity index (χ1) is 18.3. The van der Waals surface area contributed by atoms with Crippen LogP contribution in [-0.4, -0.2) is 38.9 Å². The number of nitrogens with zero attached hydrogens (tertiary/aromatic N) is 4. The van der Waals surface area contributed by atoms with E-state index in [1.807, 2.05) is 12.1 Å². The molecule has 0 aromatic carbocycles. The number of aryl methyl sites for hydroxylation is 1. The number of aromatic nitrogens is 3. The quantitative estimate of drug-likeness (QED) is 0.244. The number of Topliss-reactive ketones (excluding diaryl/α,β-unsaturated/α-hetero) is 1. The Balaban J connectivity index is 1.14. The zero-order valence-electron chi connectivity index (χ0n) is 20.4. The highest BCUT2D eigenvalue weighted by molar-refractivity contribution is 8.18. The van der Waals surface area contributed by atoms with Crippen molar-refractivity contribution >= 4 is 46.0 Å². The van der Waals surface area contributed by atoms with Gasteiger partial charge in [-0.05, 0) is 85.7 Å². The summed E-state index contributed by atoms with van der Waals surface area (Å²) in [6, 6.07) is 8.14. The van der Waals surface area contributed by atoms with E-state index in [2.05, 4.69) is 19.9 Å². The van der Waals surface area contributed by atoms with Gasteiger partial charge in [0.25, 0.3) is 0 Å². The molecule has 0 bridgehead atoms. The second-order valence-corrected chi connectivity index (χ2v) is 11.5. The Kier molecular flexibility index (Phi) is 7.94. The number of halogens is 3. The topological polar surface area (TPSA) is 76.1 Å². The summed E-state index contributed by atoms with van der Waals surface area (Å²) in [5, 5.41) is -0.139. The second kappa shape index (κ2) is 11.4. The van der Waals surface area contributed by atoms with Crippen LogP contribution < -0.4 is 4.90 Å². The lowest BCUT2D eigenvalue weighted by molar-refractivity contribution is -0.134. The largest absolute Gasteiger partial charge is 0.425 e. The SMILES string of the molecule is O=C1CC(=O)/C(=C/c2ccnc(N3CCC(CCCc4cccnc4-c4ccc(C(F)(F)F)s4)CC3)n2)S1. The minimum absolute atomic E-state index is 0.0585. The maximum Gasteiger partial charge on any atom is 0.425 e. The molecule has 0 amide bonds. The molecule has 5 rings (SSSR count). The van der Waals surface area contributed by atoms with Crippen molar-refractivity contribution in [2.24, 2.45) is 5.92 Å². The Labute approximate surface area is 226 Å². The Morgan fingerprint density at radius 3 is 2.58 bits per heavy atom. The van der Waals surface area contributed by atoms with Crippen molar-refractivity contribution < 1.29 is 22.8 Å². The minimum atomic E-state index is -4.34. The molecule has 3 aromatic rings. The Bertz CT molecular complexity index is 1360. The molecule has 0 radical (unpaired) electrons. The van der Waals surface area contributed by atoms with E-state index >= 15 is 0 Å². The van der Waals surface area contributed by atoms with Gasteiger partial charge in [0.15, 0.2) is 5.78 Å². The number of piperidine rings is 1. The summed E-state index contributed by atoms with van der Waals surface area (Å²) in [5.74, 6) is 1.00. The first-order valence-corrected chi connectivity index (χ1v) is 14.0. The smallest absolute Gasteiger partial charge is 0.341 e. The standard InChI is InChI=1S/C27H25F3N4O2S2/c28-27(29,30)23-7-6-21(37-23)25-18(5-2-11-31-25)4-1-3-17-9-13-34(14-10-17)26-32-12-8-19(33-26)15-22-20(35)16-24(36)38-22/h2,5-8,11-12,15,17H,1,3-4,9-10,13-14,16H2/b22-15-. The number of ketones is 1. The fourth-order valence-electron chi connectivity index (χ4n) is 4.76. The van der Waals surface area contributed by atoms with Crippen molar-refractivity contribution in [1.29, 1.82) is 0 Å². The van der Waals surface area contributed by atoms with Gasteiger partial charge in [-0.1, -0.05) is 6.07 Å². The van der Waals surface area contributed by atoms with Gasteiger partial charge < -0.3 is 4.90 Å². The highest BCUT2D eigenvalue weighted by Crippen LogP contribution is 2.39. The molecule has 0 saturated carbocycles. The van der Waals surface area contributed by atoms with Crippen LogP contribution in [0.5, 0.6) is 0 Å². The van der Waals surface area contributed by atoms with Crippen LogP contribution in [0.1, 0.15) is 48.2 Å². The molecular formula is C27H25F3N4O2S2. The molecule has 2 fully saturated rings. The molecule has 2 aliphatic heterocycles. The summed E-state index contributed by atoms with van der Waals surface area (Å²) < 4.78 is 39.1. The molecule has 2 aliphatic rings. The number of alkyl halides is 3. The van der Waals surface area contributed by atoms with E-state index in [1.165, 1.54) is 6.07 Å². The second-order valence-electron chi connectivity index (χ2n) is 9.36. The van der Waals surface area contributed by atoms with E-state index in [9.17, 15) is 22.8 Å². The number of allylic oxidation sites excluding steroid dienone is 1. The first-order valence-electron chi connectivity index (χ1n) is 12.4. The molecule has 198 valence electrons. The predicted octanol–water partition coefficient (Wildman–Crippen LogP) is 6.43. The Morgan fingerprint density at radius 1 is 1.05 bits per heavy atom. The number of pyridine rings is 1. The number of thiophene rings is 1. The van der Waals surface area contributed by atoms with Crippen molar-refractivity contribution in [3.63, 3.8) is 0 Å². The number of carbonyl (C=O) groups is 2. The third kappa shape index (κ3) is 6.32. The molecule has 3 aromatic heterocycles. The normalized spacial score (nSPS) is 18.1. The number of hydrogen-bond acceptors (Lipinski definition) is 8. The molecule has 6 nitrogen and oxygen atoms in total. The van der Waals surface area contributed by atoms with Crippen molar-refractivity contribution in [3.8, 4) is 10.6 Å². The number of carbonyl (C=O) groups excluding carboxylic acids is 2. The first kappa shape index (κ1) is 26.6. The van der Waals surface area contributed by atoms with Crippen LogP contribution in [-0.2, 0) is 22.2 Å². The van der Waals surface area contributed by atoms with E-state index in [1.54, 1.807) is 24.5 Å². The summed E-state index contributed by atoms with van der Waals surface area (Å²) in [4.78, 5) is 39.3. The average molecular weight is 559 g/mol. The number of thioether (sulfide) groups is 1. The van der Waals surface area contributed by atoms with Gasteiger partial charge >= 0.3 is 6.18 Å². The number of rotatable bonds is 7. The fourth-order valence-corrected chi connectivity index (χ4v) is 6.47. The maximum atomic E-state index is 13.0.